The van der Waals surface area contributed by atoms with Crippen molar-refractivity contribution in [1.29, 1.82) is 0 Å². The maximum Gasteiger partial charge on any atom is 0.226 e. The summed E-state index contributed by atoms with van der Waals surface area (Å²) in [4.78, 5) is 8.86. The number of imidazole rings is 1. The molecule has 0 saturated carbocycles. The minimum atomic E-state index is 0.496. The molecule has 0 atom stereocenters. The highest BCUT2D eigenvalue weighted by atomic mass is 35.5. The lowest BCUT2D eigenvalue weighted by Crippen LogP contribution is -1.99. The van der Waals surface area contributed by atoms with E-state index in [1.54, 1.807) is 18.0 Å². The Labute approximate surface area is 150 Å². The van der Waals surface area contributed by atoms with Crippen LogP contribution in [0.1, 0.15) is 31.1 Å². The zero-order valence-electron chi connectivity index (χ0n) is 13.9. The van der Waals surface area contributed by atoms with Crippen molar-refractivity contribution >= 4 is 23.4 Å². The summed E-state index contributed by atoms with van der Waals surface area (Å²) in [5.74, 6) is 2.48. The van der Waals surface area contributed by atoms with E-state index in [-0.39, 0.29) is 0 Å². The van der Waals surface area contributed by atoms with Crippen LogP contribution in [0, 0.1) is 12.8 Å². The minimum Gasteiger partial charge on any atom is -0.339 e. The van der Waals surface area contributed by atoms with Gasteiger partial charge in [0.2, 0.25) is 5.89 Å². The number of benzene rings is 1. The minimum absolute atomic E-state index is 0.496. The highest BCUT2D eigenvalue weighted by molar-refractivity contribution is 7.98. The van der Waals surface area contributed by atoms with Crippen molar-refractivity contribution in [1.82, 2.24) is 19.7 Å². The number of hydrogen-bond donors (Lipinski definition) is 0. The third kappa shape index (κ3) is 3.82. The summed E-state index contributed by atoms with van der Waals surface area (Å²) >= 11 is 7.80. The first-order valence-electron chi connectivity index (χ1n) is 7.77. The van der Waals surface area contributed by atoms with Crippen LogP contribution in [0.15, 0.2) is 40.3 Å². The molecule has 7 heteroatoms. The standard InChI is InChI=1S/C17H19ClN4OS/c1-11(2)9-16-20-15(21-23-16)10-24-17-19-7-8-22(17)14-6-4-5-13(18)12(14)3/h4-8,11H,9-10H2,1-3H3. The van der Waals surface area contributed by atoms with Crippen LogP contribution in [-0.4, -0.2) is 19.7 Å². The van der Waals surface area contributed by atoms with E-state index in [9.17, 15) is 0 Å². The molecule has 5 nitrogen and oxygen atoms in total. The zero-order valence-corrected chi connectivity index (χ0v) is 15.4. The molecule has 3 rings (SSSR count). The highest BCUT2D eigenvalue weighted by Crippen LogP contribution is 2.27. The molecule has 0 aliphatic heterocycles. The molecule has 126 valence electrons. The van der Waals surface area contributed by atoms with Crippen LogP contribution in [-0.2, 0) is 12.2 Å². The van der Waals surface area contributed by atoms with Crippen LogP contribution in [0.4, 0.5) is 0 Å². The number of halogens is 1. The molecule has 0 spiro atoms. The lowest BCUT2D eigenvalue weighted by atomic mass is 10.1. The van der Waals surface area contributed by atoms with Crippen molar-refractivity contribution in [3.8, 4) is 5.69 Å². The van der Waals surface area contributed by atoms with Crippen molar-refractivity contribution in [2.75, 3.05) is 0 Å². The first-order valence-corrected chi connectivity index (χ1v) is 9.14. The summed E-state index contributed by atoms with van der Waals surface area (Å²) < 4.78 is 7.30. The van der Waals surface area contributed by atoms with Crippen molar-refractivity contribution < 1.29 is 4.52 Å². The number of nitrogens with zero attached hydrogens (tertiary/aromatic N) is 4. The molecule has 0 N–H and O–H groups in total. The van der Waals surface area contributed by atoms with Gasteiger partial charge in [-0.1, -0.05) is 48.4 Å². The molecule has 0 unspecified atom stereocenters. The van der Waals surface area contributed by atoms with Crippen LogP contribution >= 0.6 is 23.4 Å². The van der Waals surface area contributed by atoms with Crippen molar-refractivity contribution in [2.24, 2.45) is 5.92 Å². The molecule has 24 heavy (non-hydrogen) atoms. The molecule has 3 aromatic rings. The summed E-state index contributed by atoms with van der Waals surface area (Å²) in [7, 11) is 0. The summed E-state index contributed by atoms with van der Waals surface area (Å²) in [6.45, 7) is 6.26. The Bertz CT molecular complexity index is 828. The fourth-order valence-electron chi connectivity index (χ4n) is 2.35. The molecule has 0 aliphatic carbocycles. The SMILES string of the molecule is Cc1c(Cl)cccc1-n1ccnc1SCc1noc(CC(C)C)n1. The van der Waals surface area contributed by atoms with Gasteiger partial charge in [0, 0.05) is 23.8 Å². The maximum absolute atomic E-state index is 6.23. The van der Waals surface area contributed by atoms with E-state index in [1.165, 1.54) is 0 Å². The van der Waals surface area contributed by atoms with Gasteiger partial charge in [-0.25, -0.2) is 4.98 Å². The largest absolute Gasteiger partial charge is 0.339 e. The van der Waals surface area contributed by atoms with Crippen molar-refractivity contribution in [3.05, 3.63) is 52.9 Å². The number of rotatable bonds is 6. The summed E-state index contributed by atoms with van der Waals surface area (Å²) in [6.07, 6.45) is 4.51. The van der Waals surface area contributed by atoms with Crippen LogP contribution in [0.5, 0.6) is 0 Å². The number of aromatic nitrogens is 4. The molecule has 0 bridgehead atoms. The zero-order chi connectivity index (χ0) is 17.1. The molecule has 1 aromatic carbocycles. The molecule has 2 aromatic heterocycles. The van der Waals surface area contributed by atoms with E-state index in [2.05, 4.69) is 29.0 Å². The van der Waals surface area contributed by atoms with E-state index >= 15 is 0 Å². The van der Waals surface area contributed by atoms with Gasteiger partial charge in [0.1, 0.15) is 0 Å². The predicted molar refractivity (Wildman–Crippen MR) is 95.7 cm³/mol. The second kappa shape index (κ2) is 7.40. The van der Waals surface area contributed by atoms with Gasteiger partial charge in [-0.2, -0.15) is 4.98 Å². The van der Waals surface area contributed by atoms with Crippen LogP contribution in [0.25, 0.3) is 5.69 Å². The monoisotopic (exact) mass is 362 g/mol. The van der Waals surface area contributed by atoms with Gasteiger partial charge < -0.3 is 4.52 Å². The lowest BCUT2D eigenvalue weighted by Gasteiger charge is -2.10. The van der Waals surface area contributed by atoms with Gasteiger partial charge in [0.15, 0.2) is 11.0 Å². The van der Waals surface area contributed by atoms with E-state index in [0.29, 0.717) is 23.4 Å². The van der Waals surface area contributed by atoms with Gasteiger partial charge in [0.05, 0.1) is 11.4 Å². The third-order valence-corrected chi connectivity index (χ3v) is 4.90. The van der Waals surface area contributed by atoms with Gasteiger partial charge in [-0.05, 0) is 30.5 Å². The Morgan fingerprint density at radius 1 is 1.33 bits per heavy atom. The van der Waals surface area contributed by atoms with Gasteiger partial charge in [-0.3, -0.25) is 4.57 Å². The van der Waals surface area contributed by atoms with Gasteiger partial charge >= 0.3 is 0 Å². The van der Waals surface area contributed by atoms with Gasteiger partial charge in [0.25, 0.3) is 0 Å². The normalized spacial score (nSPS) is 11.4. The van der Waals surface area contributed by atoms with Gasteiger partial charge in [-0.15, -0.1) is 0 Å². The summed E-state index contributed by atoms with van der Waals surface area (Å²) in [5.41, 5.74) is 2.05. The molecular formula is C17H19ClN4OS. The fourth-order valence-corrected chi connectivity index (χ4v) is 3.33. The average molecular weight is 363 g/mol. The Kier molecular flexibility index (Phi) is 5.26. The Morgan fingerprint density at radius 3 is 2.96 bits per heavy atom. The molecule has 2 heterocycles. The van der Waals surface area contributed by atoms with Crippen LogP contribution < -0.4 is 0 Å². The average Bonchev–Trinajstić information content (AvgIpc) is 3.16. The van der Waals surface area contributed by atoms with Crippen molar-refractivity contribution in [3.63, 3.8) is 0 Å². The van der Waals surface area contributed by atoms with Crippen molar-refractivity contribution in [2.45, 2.75) is 38.1 Å². The number of thioether (sulfide) groups is 1. The lowest BCUT2D eigenvalue weighted by molar-refractivity contribution is 0.360. The molecule has 0 amide bonds. The number of hydrogen-bond acceptors (Lipinski definition) is 5. The first-order chi connectivity index (χ1) is 11.5. The van der Waals surface area contributed by atoms with Crippen LogP contribution in [0.3, 0.4) is 0 Å². The Balaban J connectivity index is 1.74. The molecule has 0 fully saturated rings. The molecule has 0 saturated heterocycles. The second-order valence-corrected chi connectivity index (χ2v) is 7.30. The Hall–Kier alpha value is -1.79. The topological polar surface area (TPSA) is 56.7 Å². The van der Waals surface area contributed by atoms with E-state index in [0.717, 1.165) is 27.9 Å². The smallest absolute Gasteiger partial charge is 0.226 e. The summed E-state index contributed by atoms with van der Waals surface area (Å²) in [6, 6.07) is 5.86. The fraction of sp³-hybridized carbons (Fsp3) is 0.353. The molecule has 0 aliphatic rings. The predicted octanol–water partition coefficient (Wildman–Crippen LogP) is 4.71. The van der Waals surface area contributed by atoms with E-state index in [4.69, 9.17) is 16.1 Å². The Morgan fingerprint density at radius 2 is 2.17 bits per heavy atom. The van der Waals surface area contributed by atoms with E-state index < -0.39 is 0 Å². The second-order valence-electron chi connectivity index (χ2n) is 5.95. The molecular weight excluding hydrogens is 344 g/mol. The maximum atomic E-state index is 6.23. The summed E-state index contributed by atoms with van der Waals surface area (Å²) in [5, 5.41) is 5.65. The molecule has 0 radical (unpaired) electrons. The quantitative estimate of drug-likeness (QED) is 0.594. The van der Waals surface area contributed by atoms with Crippen LogP contribution in [0.2, 0.25) is 5.02 Å². The first kappa shape index (κ1) is 17.0. The third-order valence-electron chi connectivity index (χ3n) is 3.53. The highest BCUT2D eigenvalue weighted by Gasteiger charge is 2.13. The van der Waals surface area contributed by atoms with E-state index in [1.807, 2.05) is 35.9 Å².